The second-order valence-corrected chi connectivity index (χ2v) is 5.08. The molecule has 2 heterocycles. The zero-order chi connectivity index (χ0) is 14.1. The highest BCUT2D eigenvalue weighted by Gasteiger charge is 2.24. The summed E-state index contributed by atoms with van der Waals surface area (Å²) in [5.41, 5.74) is 1.33. The number of nitro groups is 1. The van der Waals surface area contributed by atoms with Gasteiger partial charge in [-0.3, -0.25) is 14.9 Å². The first-order chi connectivity index (χ1) is 9.66. The number of nitrogens with one attached hydrogen (secondary N) is 2. The van der Waals surface area contributed by atoms with Gasteiger partial charge in [0.25, 0.3) is 5.69 Å². The molecule has 1 aromatic heterocycles. The lowest BCUT2D eigenvalue weighted by atomic mass is 9.89. The van der Waals surface area contributed by atoms with E-state index in [-0.39, 0.29) is 17.4 Å². The van der Waals surface area contributed by atoms with Crippen LogP contribution in [-0.2, 0) is 0 Å². The van der Waals surface area contributed by atoms with Gasteiger partial charge in [0.2, 0.25) is 0 Å². The van der Waals surface area contributed by atoms with Gasteiger partial charge in [-0.15, -0.1) is 0 Å². The van der Waals surface area contributed by atoms with Crippen molar-refractivity contribution >= 4 is 22.4 Å². The number of nitro benzene ring substituents is 1. The first-order valence-corrected chi connectivity index (χ1v) is 6.67. The Kier molecular flexibility index (Phi) is 3.23. The number of benzene rings is 1. The number of fused-ring (bicyclic) bond motifs is 1. The van der Waals surface area contributed by atoms with Gasteiger partial charge in [0.15, 0.2) is 5.78 Å². The Morgan fingerprint density at radius 1 is 1.30 bits per heavy atom. The maximum atomic E-state index is 12.5. The second-order valence-electron chi connectivity index (χ2n) is 5.08. The molecule has 6 heteroatoms. The Balaban J connectivity index is 2.00. The van der Waals surface area contributed by atoms with Crippen molar-refractivity contribution in [3.63, 3.8) is 0 Å². The monoisotopic (exact) mass is 273 g/mol. The molecule has 0 amide bonds. The second kappa shape index (κ2) is 5.05. The summed E-state index contributed by atoms with van der Waals surface area (Å²) in [6.45, 7) is 1.69. The lowest BCUT2D eigenvalue weighted by Crippen LogP contribution is -2.31. The van der Waals surface area contributed by atoms with Crippen molar-refractivity contribution in [1.82, 2.24) is 10.3 Å². The summed E-state index contributed by atoms with van der Waals surface area (Å²) in [5, 5.41) is 14.7. The number of aromatic amines is 1. The summed E-state index contributed by atoms with van der Waals surface area (Å²) in [7, 11) is 0. The maximum Gasteiger partial charge on any atom is 0.270 e. The molecule has 0 radical (unpaired) electrons. The molecule has 20 heavy (non-hydrogen) atoms. The average molecular weight is 273 g/mol. The fourth-order valence-electron chi connectivity index (χ4n) is 2.73. The van der Waals surface area contributed by atoms with E-state index in [2.05, 4.69) is 10.3 Å². The van der Waals surface area contributed by atoms with E-state index in [4.69, 9.17) is 0 Å². The van der Waals surface area contributed by atoms with E-state index in [0.717, 1.165) is 31.4 Å². The zero-order valence-electron chi connectivity index (χ0n) is 10.9. The lowest BCUT2D eigenvalue weighted by Gasteiger charge is -2.21. The van der Waals surface area contributed by atoms with Gasteiger partial charge in [0, 0.05) is 40.7 Å². The van der Waals surface area contributed by atoms with E-state index in [1.807, 2.05) is 0 Å². The van der Waals surface area contributed by atoms with Gasteiger partial charge in [-0.25, -0.2) is 0 Å². The smallest absolute Gasteiger partial charge is 0.270 e. The molecule has 1 aromatic carbocycles. The van der Waals surface area contributed by atoms with Crippen LogP contribution >= 0.6 is 0 Å². The van der Waals surface area contributed by atoms with Gasteiger partial charge in [-0.2, -0.15) is 0 Å². The molecule has 104 valence electrons. The zero-order valence-corrected chi connectivity index (χ0v) is 10.9. The molecule has 1 aliphatic rings. The van der Waals surface area contributed by atoms with Gasteiger partial charge in [0.1, 0.15) is 0 Å². The van der Waals surface area contributed by atoms with E-state index in [0.29, 0.717) is 10.9 Å². The van der Waals surface area contributed by atoms with Gasteiger partial charge in [0.05, 0.1) is 4.92 Å². The SMILES string of the molecule is O=C(c1c[nH]c2ccc([N+](=O)[O-])cc12)C1CCNCC1. The number of H-pyrrole nitrogens is 1. The molecule has 6 nitrogen and oxygen atoms in total. The Hall–Kier alpha value is -2.21. The third-order valence-electron chi connectivity index (χ3n) is 3.85. The summed E-state index contributed by atoms with van der Waals surface area (Å²) in [6.07, 6.45) is 3.31. The molecule has 0 saturated carbocycles. The Labute approximate surface area is 115 Å². The number of piperidine rings is 1. The van der Waals surface area contributed by atoms with Crippen LogP contribution in [-0.4, -0.2) is 28.8 Å². The number of non-ortho nitro benzene ring substituents is 1. The van der Waals surface area contributed by atoms with E-state index >= 15 is 0 Å². The molecule has 1 aliphatic heterocycles. The highest BCUT2D eigenvalue weighted by atomic mass is 16.6. The molecular formula is C14H15N3O3. The summed E-state index contributed by atoms with van der Waals surface area (Å²) < 4.78 is 0. The van der Waals surface area contributed by atoms with Crippen molar-refractivity contribution in [2.75, 3.05) is 13.1 Å². The van der Waals surface area contributed by atoms with Crippen LogP contribution in [0.4, 0.5) is 5.69 Å². The van der Waals surface area contributed by atoms with Crippen molar-refractivity contribution in [2.45, 2.75) is 12.8 Å². The van der Waals surface area contributed by atoms with E-state index in [9.17, 15) is 14.9 Å². The first kappa shape index (κ1) is 12.8. The number of carbonyl (C=O) groups is 1. The highest BCUT2D eigenvalue weighted by molar-refractivity contribution is 6.09. The fraction of sp³-hybridized carbons (Fsp3) is 0.357. The topological polar surface area (TPSA) is 88.0 Å². The predicted molar refractivity (Wildman–Crippen MR) is 74.9 cm³/mol. The lowest BCUT2D eigenvalue weighted by molar-refractivity contribution is -0.384. The number of rotatable bonds is 3. The van der Waals surface area contributed by atoms with Crippen molar-refractivity contribution in [3.05, 3.63) is 40.1 Å². The number of ketones is 1. The van der Waals surface area contributed by atoms with Gasteiger partial charge >= 0.3 is 0 Å². The van der Waals surface area contributed by atoms with Crippen LogP contribution in [0.15, 0.2) is 24.4 Å². The van der Waals surface area contributed by atoms with Crippen LogP contribution in [0.1, 0.15) is 23.2 Å². The summed E-state index contributed by atoms with van der Waals surface area (Å²) in [5.74, 6) is 0.0905. The molecule has 1 fully saturated rings. The van der Waals surface area contributed by atoms with Crippen LogP contribution in [0.5, 0.6) is 0 Å². The van der Waals surface area contributed by atoms with Crippen LogP contribution < -0.4 is 5.32 Å². The quantitative estimate of drug-likeness (QED) is 0.510. The molecule has 0 unspecified atom stereocenters. The number of Topliss-reactive ketones (excluding diaryl/α,β-unsaturated/α-hetero) is 1. The fourth-order valence-corrected chi connectivity index (χ4v) is 2.73. The van der Waals surface area contributed by atoms with Crippen LogP contribution in [0.2, 0.25) is 0 Å². The minimum atomic E-state index is -0.439. The molecule has 0 spiro atoms. The molecule has 0 bridgehead atoms. The molecular weight excluding hydrogens is 258 g/mol. The number of carbonyl (C=O) groups excluding carboxylic acids is 1. The predicted octanol–water partition coefficient (Wildman–Crippen LogP) is 2.26. The summed E-state index contributed by atoms with van der Waals surface area (Å²) in [4.78, 5) is 26.0. The van der Waals surface area contributed by atoms with E-state index < -0.39 is 4.92 Å². The van der Waals surface area contributed by atoms with Crippen molar-refractivity contribution in [1.29, 1.82) is 0 Å². The Morgan fingerprint density at radius 3 is 2.75 bits per heavy atom. The van der Waals surface area contributed by atoms with Crippen LogP contribution in [0.25, 0.3) is 10.9 Å². The summed E-state index contributed by atoms with van der Waals surface area (Å²) >= 11 is 0. The normalized spacial score (nSPS) is 16.4. The molecule has 0 aliphatic carbocycles. The third kappa shape index (κ3) is 2.18. The van der Waals surface area contributed by atoms with Crippen molar-refractivity contribution in [2.24, 2.45) is 5.92 Å². The standard InChI is InChI=1S/C14H15N3O3/c18-14(9-3-5-15-6-4-9)12-8-16-13-2-1-10(17(19)20)7-11(12)13/h1-2,7-9,15-16H,3-6H2. The molecule has 3 rings (SSSR count). The Morgan fingerprint density at radius 2 is 2.05 bits per heavy atom. The largest absolute Gasteiger partial charge is 0.360 e. The minimum absolute atomic E-state index is 0.00881. The Bertz CT molecular complexity index is 671. The minimum Gasteiger partial charge on any atom is -0.360 e. The number of hydrogen-bond donors (Lipinski definition) is 2. The van der Waals surface area contributed by atoms with Crippen molar-refractivity contribution in [3.8, 4) is 0 Å². The summed E-state index contributed by atoms with van der Waals surface area (Å²) in [6, 6.07) is 4.56. The highest BCUT2D eigenvalue weighted by Crippen LogP contribution is 2.27. The van der Waals surface area contributed by atoms with Crippen LogP contribution in [0.3, 0.4) is 0 Å². The third-order valence-corrected chi connectivity index (χ3v) is 3.85. The van der Waals surface area contributed by atoms with Crippen molar-refractivity contribution < 1.29 is 9.72 Å². The molecule has 0 atom stereocenters. The van der Waals surface area contributed by atoms with Crippen LogP contribution in [0, 0.1) is 16.0 Å². The van der Waals surface area contributed by atoms with E-state index in [1.165, 1.54) is 12.1 Å². The maximum absolute atomic E-state index is 12.5. The first-order valence-electron chi connectivity index (χ1n) is 6.67. The number of aromatic nitrogens is 1. The van der Waals surface area contributed by atoms with E-state index in [1.54, 1.807) is 12.3 Å². The van der Waals surface area contributed by atoms with Gasteiger partial charge in [-0.1, -0.05) is 0 Å². The molecule has 2 aromatic rings. The van der Waals surface area contributed by atoms with Gasteiger partial charge < -0.3 is 10.3 Å². The number of hydrogen-bond acceptors (Lipinski definition) is 4. The average Bonchev–Trinajstić information content (AvgIpc) is 2.90. The molecule has 1 saturated heterocycles. The number of nitrogens with zero attached hydrogens (tertiary/aromatic N) is 1. The van der Waals surface area contributed by atoms with Gasteiger partial charge in [-0.05, 0) is 32.0 Å². The molecule has 2 N–H and O–H groups in total.